The minimum absolute atomic E-state index is 0.230. The SMILES string of the molecule is O=C(NCCCCCNS(=O)(=O)c1ccccc1-c1ccccc1)NCc1cccnc1. The summed E-state index contributed by atoms with van der Waals surface area (Å²) in [5.74, 6) is 0. The molecule has 8 heteroatoms. The number of unbranched alkanes of at least 4 members (excludes halogenated alkanes) is 2. The van der Waals surface area contributed by atoms with Gasteiger partial charge in [0.05, 0.1) is 4.90 Å². The van der Waals surface area contributed by atoms with Gasteiger partial charge in [-0.1, -0.05) is 61.0 Å². The van der Waals surface area contributed by atoms with Gasteiger partial charge in [-0.25, -0.2) is 17.9 Å². The molecule has 0 atom stereocenters. The van der Waals surface area contributed by atoms with E-state index in [1.54, 1.807) is 24.5 Å². The largest absolute Gasteiger partial charge is 0.338 e. The summed E-state index contributed by atoms with van der Waals surface area (Å²) in [7, 11) is -3.61. The monoisotopic (exact) mass is 452 g/mol. The normalized spacial score (nSPS) is 11.1. The van der Waals surface area contributed by atoms with Gasteiger partial charge in [0.25, 0.3) is 0 Å². The Balaban J connectivity index is 1.37. The Morgan fingerprint density at radius 1 is 0.812 bits per heavy atom. The number of hydrogen-bond acceptors (Lipinski definition) is 4. The summed E-state index contributed by atoms with van der Waals surface area (Å²) >= 11 is 0. The van der Waals surface area contributed by atoms with E-state index >= 15 is 0 Å². The van der Waals surface area contributed by atoms with Gasteiger partial charge in [0.1, 0.15) is 0 Å². The number of hydrogen-bond donors (Lipinski definition) is 3. The van der Waals surface area contributed by atoms with Gasteiger partial charge in [-0.3, -0.25) is 4.98 Å². The van der Waals surface area contributed by atoms with Crippen LogP contribution < -0.4 is 15.4 Å². The Morgan fingerprint density at radius 2 is 1.56 bits per heavy atom. The Hall–Kier alpha value is -3.23. The van der Waals surface area contributed by atoms with Crippen molar-refractivity contribution in [3.05, 3.63) is 84.7 Å². The van der Waals surface area contributed by atoms with Crippen molar-refractivity contribution >= 4 is 16.1 Å². The van der Waals surface area contributed by atoms with Crippen molar-refractivity contribution in [2.45, 2.75) is 30.7 Å². The zero-order valence-corrected chi connectivity index (χ0v) is 18.6. The van der Waals surface area contributed by atoms with E-state index in [0.29, 0.717) is 31.6 Å². The molecular weight excluding hydrogens is 424 g/mol. The second-order valence-electron chi connectivity index (χ2n) is 7.29. The van der Waals surface area contributed by atoms with Crippen LogP contribution in [0.3, 0.4) is 0 Å². The van der Waals surface area contributed by atoms with E-state index in [4.69, 9.17) is 0 Å². The summed E-state index contributed by atoms with van der Waals surface area (Å²) in [5.41, 5.74) is 2.48. The number of nitrogens with zero attached hydrogens (tertiary/aromatic N) is 1. The van der Waals surface area contributed by atoms with Crippen LogP contribution >= 0.6 is 0 Å². The van der Waals surface area contributed by atoms with Gasteiger partial charge in [-0.15, -0.1) is 0 Å². The quantitative estimate of drug-likeness (QED) is 0.386. The molecule has 0 radical (unpaired) electrons. The first kappa shape index (κ1) is 23.4. The van der Waals surface area contributed by atoms with Crippen molar-refractivity contribution in [2.24, 2.45) is 0 Å². The lowest BCUT2D eigenvalue weighted by atomic mass is 10.1. The lowest BCUT2D eigenvalue weighted by Gasteiger charge is -2.12. The van der Waals surface area contributed by atoms with Crippen LogP contribution in [0, 0.1) is 0 Å². The highest BCUT2D eigenvalue weighted by Crippen LogP contribution is 2.26. The second-order valence-corrected chi connectivity index (χ2v) is 9.03. The van der Waals surface area contributed by atoms with Gasteiger partial charge in [0.15, 0.2) is 0 Å². The van der Waals surface area contributed by atoms with Crippen molar-refractivity contribution in [1.29, 1.82) is 0 Å². The molecule has 0 fully saturated rings. The molecule has 0 saturated heterocycles. The van der Waals surface area contributed by atoms with E-state index < -0.39 is 10.0 Å². The zero-order chi connectivity index (χ0) is 22.7. The molecule has 0 aliphatic heterocycles. The molecule has 3 N–H and O–H groups in total. The lowest BCUT2D eigenvalue weighted by Crippen LogP contribution is -2.35. The highest BCUT2D eigenvalue weighted by molar-refractivity contribution is 7.89. The van der Waals surface area contributed by atoms with Crippen LogP contribution in [0.25, 0.3) is 11.1 Å². The summed E-state index contributed by atoms with van der Waals surface area (Å²) in [5, 5.41) is 5.58. The zero-order valence-electron chi connectivity index (χ0n) is 17.8. The molecule has 1 aromatic heterocycles. The number of urea groups is 1. The summed E-state index contributed by atoms with van der Waals surface area (Å²) in [6.45, 7) is 1.30. The molecule has 3 aromatic rings. The fourth-order valence-corrected chi connectivity index (χ4v) is 4.52. The second kappa shape index (κ2) is 12.0. The van der Waals surface area contributed by atoms with Gasteiger partial charge in [-0.2, -0.15) is 0 Å². The molecule has 0 saturated carbocycles. The van der Waals surface area contributed by atoms with Crippen LogP contribution in [0.15, 0.2) is 84.0 Å². The molecule has 1 heterocycles. The van der Waals surface area contributed by atoms with Crippen LogP contribution in [0.2, 0.25) is 0 Å². The smallest absolute Gasteiger partial charge is 0.315 e. The summed E-state index contributed by atoms with van der Waals surface area (Å²) in [6, 6.07) is 20.0. The number of rotatable bonds is 11. The van der Waals surface area contributed by atoms with E-state index in [0.717, 1.165) is 24.0 Å². The number of sulfonamides is 1. The molecule has 7 nitrogen and oxygen atoms in total. The van der Waals surface area contributed by atoms with Crippen molar-refractivity contribution in [2.75, 3.05) is 13.1 Å². The fraction of sp³-hybridized carbons (Fsp3) is 0.250. The topological polar surface area (TPSA) is 100 Å². The van der Waals surface area contributed by atoms with Crippen LogP contribution in [-0.4, -0.2) is 32.5 Å². The lowest BCUT2D eigenvalue weighted by molar-refractivity contribution is 0.240. The van der Waals surface area contributed by atoms with E-state index in [2.05, 4.69) is 20.3 Å². The number of aromatic nitrogens is 1. The molecule has 0 unspecified atom stereocenters. The first-order valence-corrected chi connectivity index (χ1v) is 12.1. The van der Waals surface area contributed by atoms with Crippen LogP contribution in [0.1, 0.15) is 24.8 Å². The maximum atomic E-state index is 12.8. The number of carbonyl (C=O) groups excluding carboxylic acids is 1. The number of pyridine rings is 1. The van der Waals surface area contributed by atoms with Gasteiger partial charge in [-0.05, 0) is 36.1 Å². The summed E-state index contributed by atoms with van der Waals surface area (Å²) < 4.78 is 28.3. The number of amides is 2. The maximum Gasteiger partial charge on any atom is 0.315 e. The Morgan fingerprint density at radius 3 is 2.34 bits per heavy atom. The van der Waals surface area contributed by atoms with Crippen molar-refractivity contribution in [1.82, 2.24) is 20.3 Å². The van der Waals surface area contributed by atoms with Crippen LogP contribution in [0.5, 0.6) is 0 Å². The Labute approximate surface area is 189 Å². The maximum absolute atomic E-state index is 12.8. The van der Waals surface area contributed by atoms with E-state index in [9.17, 15) is 13.2 Å². The van der Waals surface area contributed by atoms with Crippen molar-refractivity contribution in [3.8, 4) is 11.1 Å². The third kappa shape index (κ3) is 7.18. The molecule has 0 aliphatic carbocycles. The Bertz CT molecular complexity index is 1090. The highest BCUT2D eigenvalue weighted by atomic mass is 32.2. The molecule has 0 bridgehead atoms. The van der Waals surface area contributed by atoms with E-state index in [1.807, 2.05) is 54.6 Å². The van der Waals surface area contributed by atoms with Gasteiger partial charge in [0.2, 0.25) is 10.0 Å². The first-order valence-electron chi connectivity index (χ1n) is 10.6. The van der Waals surface area contributed by atoms with E-state index in [-0.39, 0.29) is 10.9 Å². The number of benzene rings is 2. The predicted molar refractivity (Wildman–Crippen MR) is 125 cm³/mol. The minimum atomic E-state index is -3.61. The third-order valence-corrected chi connectivity index (χ3v) is 6.39. The van der Waals surface area contributed by atoms with Gasteiger partial charge < -0.3 is 10.6 Å². The average molecular weight is 453 g/mol. The molecule has 32 heavy (non-hydrogen) atoms. The predicted octanol–water partition coefficient (Wildman–Crippen LogP) is 3.70. The standard InChI is InChI=1S/C24H28N4O3S/c29-24(27-19-20-10-9-15-25-18-20)26-16-7-2-8-17-28-32(30,31)23-14-6-5-13-22(23)21-11-3-1-4-12-21/h1,3-6,9-15,18,28H,2,7-8,16-17,19H2,(H2,26,27,29). The van der Waals surface area contributed by atoms with Crippen LogP contribution in [-0.2, 0) is 16.6 Å². The molecular formula is C24H28N4O3S. The van der Waals surface area contributed by atoms with Crippen molar-refractivity contribution < 1.29 is 13.2 Å². The summed E-state index contributed by atoms with van der Waals surface area (Å²) in [6.07, 6.45) is 5.64. The Kier molecular flexibility index (Phi) is 8.77. The molecule has 2 amide bonds. The molecule has 3 rings (SSSR count). The fourth-order valence-electron chi connectivity index (χ4n) is 3.22. The third-order valence-electron chi connectivity index (χ3n) is 4.87. The molecule has 2 aromatic carbocycles. The molecule has 0 spiro atoms. The van der Waals surface area contributed by atoms with Crippen molar-refractivity contribution in [3.63, 3.8) is 0 Å². The number of carbonyl (C=O) groups is 1. The number of nitrogens with one attached hydrogen (secondary N) is 3. The molecule has 168 valence electrons. The molecule has 0 aliphatic rings. The van der Waals surface area contributed by atoms with Gasteiger partial charge in [0, 0.05) is 37.6 Å². The van der Waals surface area contributed by atoms with E-state index in [1.165, 1.54) is 0 Å². The van der Waals surface area contributed by atoms with Crippen LogP contribution in [0.4, 0.5) is 4.79 Å². The highest BCUT2D eigenvalue weighted by Gasteiger charge is 2.18. The van der Waals surface area contributed by atoms with Gasteiger partial charge >= 0.3 is 6.03 Å². The summed E-state index contributed by atoms with van der Waals surface area (Å²) in [4.78, 5) is 16.1. The minimum Gasteiger partial charge on any atom is -0.338 e. The average Bonchev–Trinajstić information content (AvgIpc) is 2.83. The first-order chi connectivity index (χ1) is 15.6.